The van der Waals surface area contributed by atoms with Crippen LogP contribution >= 0.6 is 0 Å². The van der Waals surface area contributed by atoms with Gasteiger partial charge in [0.25, 0.3) is 0 Å². The Kier molecular flexibility index (Phi) is 5.19. The van der Waals surface area contributed by atoms with Crippen molar-refractivity contribution in [1.82, 2.24) is 0 Å². The maximum atomic E-state index is 10.5. The van der Waals surface area contributed by atoms with E-state index in [-0.39, 0.29) is 5.41 Å². The Hall–Kier alpha value is -0.850. The first kappa shape index (κ1) is 19.5. The van der Waals surface area contributed by atoms with Gasteiger partial charge in [0.2, 0.25) is 0 Å². The summed E-state index contributed by atoms with van der Waals surface area (Å²) in [7, 11) is 0. The van der Waals surface area contributed by atoms with Crippen LogP contribution in [0, 0.1) is 46.3 Å². The van der Waals surface area contributed by atoms with Crippen molar-refractivity contribution in [2.45, 2.75) is 84.2 Å². The predicted octanol–water partition coefficient (Wildman–Crippen LogP) is 5.25. The number of fused-ring (bicyclic) bond motifs is 5. The Balaban J connectivity index is 1.56. The molecule has 3 nitrogen and oxygen atoms in total. The number of aliphatic hydroxyl groups is 1. The first-order chi connectivity index (χ1) is 12.9. The minimum absolute atomic E-state index is 0.219. The van der Waals surface area contributed by atoms with Gasteiger partial charge in [0.05, 0.1) is 23.9 Å². The van der Waals surface area contributed by atoms with E-state index in [0.717, 1.165) is 54.4 Å². The minimum atomic E-state index is -0.429. The molecule has 0 aromatic heterocycles. The van der Waals surface area contributed by atoms with Crippen LogP contribution in [0.15, 0.2) is 11.1 Å². The Morgan fingerprint density at radius 3 is 2.63 bits per heavy atom. The molecule has 0 aromatic rings. The second-order valence-corrected chi connectivity index (χ2v) is 10.4. The Bertz CT molecular complexity index is 645. The van der Waals surface area contributed by atoms with Gasteiger partial charge in [0.15, 0.2) is 0 Å². The second kappa shape index (κ2) is 7.20. The Labute approximate surface area is 165 Å². The fourth-order valence-corrected chi connectivity index (χ4v) is 7.78. The van der Waals surface area contributed by atoms with E-state index >= 15 is 0 Å². The van der Waals surface area contributed by atoms with Crippen molar-refractivity contribution in [2.75, 3.05) is 13.2 Å². The normalized spacial score (nSPS) is 48.2. The summed E-state index contributed by atoms with van der Waals surface area (Å²) in [5, 5.41) is 20.3. The maximum Gasteiger partial charge on any atom is 0.0971 e. The van der Waals surface area contributed by atoms with Gasteiger partial charge in [-0.25, -0.2) is 0 Å². The third-order valence-electron chi connectivity index (χ3n) is 8.97. The van der Waals surface area contributed by atoms with Crippen LogP contribution in [0.2, 0.25) is 0 Å². The lowest BCUT2D eigenvalue weighted by Crippen LogP contribution is -2.49. The highest BCUT2D eigenvalue weighted by Crippen LogP contribution is 2.64. The molecule has 0 amide bonds. The van der Waals surface area contributed by atoms with E-state index in [2.05, 4.69) is 13.0 Å². The fraction of sp³-hybridized carbons (Fsp3) is 0.875. The van der Waals surface area contributed by atoms with Gasteiger partial charge in [-0.3, -0.25) is 0 Å². The molecule has 150 valence electrons. The lowest BCUT2D eigenvalue weighted by Gasteiger charge is -2.56. The summed E-state index contributed by atoms with van der Waals surface area (Å²) in [4.78, 5) is 0. The van der Waals surface area contributed by atoms with Crippen LogP contribution in [-0.4, -0.2) is 23.9 Å². The van der Waals surface area contributed by atoms with Gasteiger partial charge in [-0.1, -0.05) is 6.92 Å². The third kappa shape index (κ3) is 3.28. The lowest BCUT2D eigenvalue weighted by atomic mass is 9.49. The van der Waals surface area contributed by atoms with Crippen LogP contribution in [0.1, 0.15) is 78.6 Å². The average molecular weight is 372 g/mol. The number of nitriles is 1. The van der Waals surface area contributed by atoms with Crippen molar-refractivity contribution in [3.8, 4) is 6.07 Å². The van der Waals surface area contributed by atoms with Gasteiger partial charge in [-0.2, -0.15) is 5.26 Å². The van der Waals surface area contributed by atoms with Gasteiger partial charge < -0.3 is 9.84 Å². The largest absolute Gasteiger partial charge is 0.390 e. The standard InChI is InChI=1S/C24H37NO2/c1-4-27-15-17(14-25)21-7-8-22-20-6-5-16-13-23(2,26)11-9-18(16)19(20)10-12-24(21,22)3/h16,18-20,22,26H,4-13,15H2,1-3H3/b21-17+/t16-,18+,19-,20-,22+,23-,24-/m1/s1. The van der Waals surface area contributed by atoms with Crippen LogP contribution in [0.4, 0.5) is 0 Å². The fourth-order valence-electron chi connectivity index (χ4n) is 7.78. The molecule has 0 unspecified atom stereocenters. The molecular weight excluding hydrogens is 334 g/mol. The maximum absolute atomic E-state index is 10.5. The SMILES string of the molecule is CCOC/C(C#N)=C1\CC[C@H]2[C@@H]3CC[C@@H]4C[C@](C)(O)CC[C@@H]4[C@H]3CC[C@]12C. The summed E-state index contributed by atoms with van der Waals surface area (Å²) in [6.45, 7) is 7.68. The number of allylic oxidation sites excluding steroid dienone is 1. The lowest BCUT2D eigenvalue weighted by molar-refractivity contribution is -0.0900. The number of hydrogen-bond acceptors (Lipinski definition) is 3. The molecule has 0 radical (unpaired) electrons. The minimum Gasteiger partial charge on any atom is -0.390 e. The monoisotopic (exact) mass is 371 g/mol. The third-order valence-corrected chi connectivity index (χ3v) is 8.97. The zero-order valence-electron chi connectivity index (χ0n) is 17.5. The molecule has 27 heavy (non-hydrogen) atoms. The molecule has 0 saturated heterocycles. The van der Waals surface area contributed by atoms with Gasteiger partial charge in [0, 0.05) is 6.61 Å². The van der Waals surface area contributed by atoms with Gasteiger partial charge >= 0.3 is 0 Å². The van der Waals surface area contributed by atoms with E-state index in [1.165, 1.54) is 44.1 Å². The number of rotatable bonds is 3. The van der Waals surface area contributed by atoms with E-state index in [1.807, 2.05) is 13.8 Å². The summed E-state index contributed by atoms with van der Waals surface area (Å²) in [6, 6.07) is 2.49. The van der Waals surface area contributed by atoms with Crippen molar-refractivity contribution in [2.24, 2.45) is 35.0 Å². The van der Waals surface area contributed by atoms with Crippen molar-refractivity contribution in [3.63, 3.8) is 0 Å². The number of ether oxygens (including phenoxy) is 1. The van der Waals surface area contributed by atoms with Crippen molar-refractivity contribution in [3.05, 3.63) is 11.1 Å². The smallest absolute Gasteiger partial charge is 0.0971 e. The van der Waals surface area contributed by atoms with Crippen molar-refractivity contribution in [1.29, 1.82) is 5.26 Å². The summed E-state index contributed by atoms with van der Waals surface area (Å²) in [6.07, 6.45) is 10.8. The molecule has 4 fully saturated rings. The summed E-state index contributed by atoms with van der Waals surface area (Å²) in [5.74, 6) is 4.01. The first-order valence-corrected chi connectivity index (χ1v) is 11.3. The predicted molar refractivity (Wildman–Crippen MR) is 107 cm³/mol. The van der Waals surface area contributed by atoms with E-state index in [9.17, 15) is 10.4 Å². The quantitative estimate of drug-likeness (QED) is 0.690. The molecule has 0 bridgehead atoms. The van der Waals surface area contributed by atoms with Gasteiger partial charge in [0.1, 0.15) is 0 Å². The Morgan fingerprint density at radius 1 is 1.11 bits per heavy atom. The molecule has 4 saturated carbocycles. The zero-order valence-corrected chi connectivity index (χ0v) is 17.5. The van der Waals surface area contributed by atoms with E-state index in [0.29, 0.717) is 13.2 Å². The topological polar surface area (TPSA) is 53.2 Å². The zero-order chi connectivity index (χ0) is 19.2. The summed E-state index contributed by atoms with van der Waals surface area (Å²) in [5.41, 5.74) is 2.14. The Morgan fingerprint density at radius 2 is 1.89 bits per heavy atom. The van der Waals surface area contributed by atoms with E-state index < -0.39 is 5.60 Å². The summed E-state index contributed by atoms with van der Waals surface area (Å²) >= 11 is 0. The van der Waals surface area contributed by atoms with E-state index in [4.69, 9.17) is 4.74 Å². The molecule has 0 aliphatic heterocycles. The number of hydrogen-bond donors (Lipinski definition) is 1. The molecule has 3 heteroatoms. The molecule has 0 aromatic carbocycles. The molecule has 7 atom stereocenters. The van der Waals surface area contributed by atoms with Gasteiger partial charge in [-0.15, -0.1) is 0 Å². The van der Waals surface area contributed by atoms with Crippen molar-refractivity contribution < 1.29 is 9.84 Å². The first-order valence-electron chi connectivity index (χ1n) is 11.3. The van der Waals surface area contributed by atoms with Crippen LogP contribution < -0.4 is 0 Å². The van der Waals surface area contributed by atoms with Crippen LogP contribution in [0.3, 0.4) is 0 Å². The average Bonchev–Trinajstić information content (AvgIpc) is 2.98. The molecular formula is C24H37NO2. The van der Waals surface area contributed by atoms with Crippen LogP contribution in [0.5, 0.6) is 0 Å². The van der Waals surface area contributed by atoms with Crippen molar-refractivity contribution >= 4 is 0 Å². The molecule has 1 N–H and O–H groups in total. The molecule has 4 rings (SSSR count). The van der Waals surface area contributed by atoms with Crippen LogP contribution in [-0.2, 0) is 4.74 Å². The molecule has 4 aliphatic carbocycles. The summed E-state index contributed by atoms with van der Waals surface area (Å²) < 4.78 is 5.62. The molecule has 0 spiro atoms. The highest BCUT2D eigenvalue weighted by Gasteiger charge is 2.56. The highest BCUT2D eigenvalue weighted by molar-refractivity contribution is 5.36. The molecule has 0 heterocycles. The highest BCUT2D eigenvalue weighted by atomic mass is 16.5. The molecule has 4 aliphatic rings. The second-order valence-electron chi connectivity index (χ2n) is 10.4. The van der Waals surface area contributed by atoms with Crippen LogP contribution in [0.25, 0.3) is 0 Å². The number of nitrogens with zero attached hydrogens (tertiary/aromatic N) is 1. The van der Waals surface area contributed by atoms with Gasteiger partial charge in [-0.05, 0) is 112 Å². The van der Waals surface area contributed by atoms with E-state index in [1.54, 1.807) is 0 Å².